The Morgan fingerprint density at radius 3 is 2.30 bits per heavy atom. The van der Waals surface area contributed by atoms with Gasteiger partial charge in [-0.1, -0.05) is 25.7 Å². The summed E-state index contributed by atoms with van der Waals surface area (Å²) in [5, 5.41) is 3.90. The lowest BCUT2D eigenvalue weighted by Crippen LogP contribution is -2.58. The van der Waals surface area contributed by atoms with Crippen LogP contribution in [0.1, 0.15) is 70.6 Å². The number of piperidine rings is 1. The molecule has 3 N–H and O–H groups in total. The second-order valence-corrected chi connectivity index (χ2v) is 7.48. The first kappa shape index (κ1) is 14.8. The lowest BCUT2D eigenvalue weighted by Gasteiger charge is -2.49. The van der Waals surface area contributed by atoms with E-state index in [1.165, 1.54) is 90.3 Å². The molecule has 2 aliphatic carbocycles. The van der Waals surface area contributed by atoms with E-state index in [-0.39, 0.29) is 0 Å². The van der Waals surface area contributed by atoms with Crippen LogP contribution in [0.25, 0.3) is 0 Å². The van der Waals surface area contributed by atoms with Crippen molar-refractivity contribution in [2.24, 2.45) is 5.73 Å². The van der Waals surface area contributed by atoms with Gasteiger partial charge in [-0.3, -0.25) is 4.90 Å². The zero-order valence-corrected chi connectivity index (χ0v) is 13.1. The standard InChI is InChI=1S/C17H33N3/c18-15-7-8-16(13-15)19-14-17(9-3-1-4-10-17)20-11-5-2-6-12-20/h15-16,19H,1-14,18H2. The molecule has 0 amide bonds. The fraction of sp³-hybridized carbons (Fsp3) is 1.00. The molecule has 3 nitrogen and oxygen atoms in total. The molecular weight excluding hydrogens is 246 g/mol. The van der Waals surface area contributed by atoms with Gasteiger partial charge in [-0.2, -0.15) is 0 Å². The van der Waals surface area contributed by atoms with Crippen LogP contribution in [0.5, 0.6) is 0 Å². The molecule has 0 radical (unpaired) electrons. The molecule has 1 aliphatic heterocycles. The number of nitrogens with two attached hydrogens (primary N) is 1. The van der Waals surface area contributed by atoms with Gasteiger partial charge in [-0.25, -0.2) is 0 Å². The van der Waals surface area contributed by atoms with E-state index in [0.717, 1.165) is 0 Å². The van der Waals surface area contributed by atoms with Gasteiger partial charge in [0.2, 0.25) is 0 Å². The topological polar surface area (TPSA) is 41.3 Å². The van der Waals surface area contributed by atoms with Crippen molar-refractivity contribution < 1.29 is 0 Å². The molecule has 0 spiro atoms. The lowest BCUT2D eigenvalue weighted by atomic mass is 9.79. The Morgan fingerprint density at radius 2 is 1.65 bits per heavy atom. The highest BCUT2D eigenvalue weighted by Crippen LogP contribution is 2.35. The van der Waals surface area contributed by atoms with Crippen LogP contribution < -0.4 is 11.1 Å². The van der Waals surface area contributed by atoms with E-state index in [1.807, 2.05) is 0 Å². The van der Waals surface area contributed by atoms with E-state index in [1.54, 1.807) is 0 Å². The molecule has 0 bridgehead atoms. The Hall–Kier alpha value is -0.120. The van der Waals surface area contributed by atoms with Gasteiger partial charge in [0.1, 0.15) is 0 Å². The fourth-order valence-electron chi connectivity index (χ4n) is 4.72. The predicted octanol–water partition coefficient (Wildman–Crippen LogP) is 2.64. The van der Waals surface area contributed by atoms with Crippen LogP contribution in [-0.4, -0.2) is 42.2 Å². The second-order valence-electron chi connectivity index (χ2n) is 7.48. The highest BCUT2D eigenvalue weighted by molar-refractivity contribution is 4.97. The summed E-state index contributed by atoms with van der Waals surface area (Å²) in [6.07, 6.45) is 15.1. The second kappa shape index (κ2) is 6.76. The summed E-state index contributed by atoms with van der Waals surface area (Å²) in [4.78, 5) is 2.84. The predicted molar refractivity (Wildman–Crippen MR) is 84.9 cm³/mol. The van der Waals surface area contributed by atoms with Gasteiger partial charge < -0.3 is 11.1 Å². The van der Waals surface area contributed by atoms with Crippen LogP contribution in [0, 0.1) is 0 Å². The molecule has 0 aromatic carbocycles. The van der Waals surface area contributed by atoms with Crippen molar-refractivity contribution in [3.8, 4) is 0 Å². The summed E-state index contributed by atoms with van der Waals surface area (Å²) < 4.78 is 0. The van der Waals surface area contributed by atoms with Gasteiger partial charge in [-0.05, 0) is 58.0 Å². The summed E-state index contributed by atoms with van der Waals surface area (Å²) in [6, 6.07) is 1.14. The van der Waals surface area contributed by atoms with Crippen molar-refractivity contribution in [1.82, 2.24) is 10.2 Å². The average Bonchev–Trinajstić information content (AvgIpc) is 2.93. The van der Waals surface area contributed by atoms with Crippen LogP contribution in [-0.2, 0) is 0 Å². The first-order valence-corrected chi connectivity index (χ1v) is 9.03. The zero-order chi connectivity index (χ0) is 13.8. The van der Waals surface area contributed by atoms with Crippen LogP contribution in [0.4, 0.5) is 0 Å². The maximum Gasteiger partial charge on any atom is 0.0334 e. The molecule has 3 aliphatic rings. The third-order valence-corrected chi connectivity index (χ3v) is 6.00. The molecule has 116 valence electrons. The number of likely N-dealkylation sites (tertiary alicyclic amines) is 1. The number of rotatable bonds is 4. The van der Waals surface area contributed by atoms with Gasteiger partial charge >= 0.3 is 0 Å². The molecule has 1 saturated heterocycles. The largest absolute Gasteiger partial charge is 0.328 e. The summed E-state index contributed by atoms with van der Waals surface area (Å²) in [5.41, 5.74) is 6.54. The van der Waals surface area contributed by atoms with E-state index in [9.17, 15) is 0 Å². The van der Waals surface area contributed by atoms with E-state index >= 15 is 0 Å². The quantitative estimate of drug-likeness (QED) is 0.831. The summed E-state index contributed by atoms with van der Waals surface area (Å²) in [5.74, 6) is 0. The molecular formula is C17H33N3. The first-order chi connectivity index (χ1) is 9.78. The van der Waals surface area contributed by atoms with Crippen molar-refractivity contribution in [3.63, 3.8) is 0 Å². The Labute approximate surface area is 124 Å². The normalized spacial score (nSPS) is 35.2. The van der Waals surface area contributed by atoms with E-state index in [2.05, 4.69) is 10.2 Å². The minimum absolute atomic E-state index is 0.449. The van der Waals surface area contributed by atoms with Crippen LogP contribution in [0.15, 0.2) is 0 Å². The van der Waals surface area contributed by atoms with Crippen molar-refractivity contribution in [3.05, 3.63) is 0 Å². The van der Waals surface area contributed by atoms with Crippen LogP contribution in [0.2, 0.25) is 0 Å². The third-order valence-electron chi connectivity index (χ3n) is 6.00. The summed E-state index contributed by atoms with van der Waals surface area (Å²) in [7, 11) is 0. The Kier molecular flexibility index (Phi) is 5.00. The molecule has 2 unspecified atom stereocenters. The van der Waals surface area contributed by atoms with Crippen molar-refractivity contribution >= 4 is 0 Å². The maximum atomic E-state index is 6.06. The molecule has 3 fully saturated rings. The smallest absolute Gasteiger partial charge is 0.0334 e. The van der Waals surface area contributed by atoms with Gasteiger partial charge in [-0.15, -0.1) is 0 Å². The van der Waals surface area contributed by atoms with Crippen molar-refractivity contribution in [1.29, 1.82) is 0 Å². The minimum atomic E-state index is 0.449. The monoisotopic (exact) mass is 279 g/mol. The molecule has 3 heteroatoms. The Morgan fingerprint density at radius 1 is 0.950 bits per heavy atom. The van der Waals surface area contributed by atoms with E-state index in [0.29, 0.717) is 17.6 Å². The molecule has 20 heavy (non-hydrogen) atoms. The highest BCUT2D eigenvalue weighted by Gasteiger charge is 2.38. The van der Waals surface area contributed by atoms with Crippen LogP contribution >= 0.6 is 0 Å². The van der Waals surface area contributed by atoms with Gasteiger partial charge in [0.05, 0.1) is 0 Å². The van der Waals surface area contributed by atoms with Crippen molar-refractivity contribution in [2.45, 2.75) is 88.3 Å². The molecule has 3 rings (SSSR count). The fourth-order valence-corrected chi connectivity index (χ4v) is 4.72. The lowest BCUT2D eigenvalue weighted by molar-refractivity contribution is 0.0315. The first-order valence-electron chi connectivity index (χ1n) is 9.03. The molecule has 0 aromatic rings. The summed E-state index contributed by atoms with van der Waals surface area (Å²) >= 11 is 0. The average molecular weight is 279 g/mol. The number of nitrogens with one attached hydrogen (secondary N) is 1. The van der Waals surface area contributed by atoms with Crippen molar-refractivity contribution in [2.75, 3.05) is 19.6 Å². The molecule has 1 heterocycles. The summed E-state index contributed by atoms with van der Waals surface area (Å²) in [6.45, 7) is 3.89. The Bertz CT molecular complexity index is 293. The molecule has 2 atom stereocenters. The zero-order valence-electron chi connectivity index (χ0n) is 13.1. The third kappa shape index (κ3) is 3.37. The van der Waals surface area contributed by atoms with E-state index < -0.39 is 0 Å². The van der Waals surface area contributed by atoms with Crippen LogP contribution in [0.3, 0.4) is 0 Å². The van der Waals surface area contributed by atoms with Gasteiger partial charge in [0.25, 0.3) is 0 Å². The SMILES string of the molecule is NC1CCC(NCC2(N3CCCCC3)CCCCC2)C1. The Balaban J connectivity index is 1.59. The van der Waals surface area contributed by atoms with E-state index in [4.69, 9.17) is 5.73 Å². The number of hydrogen-bond donors (Lipinski definition) is 2. The highest BCUT2D eigenvalue weighted by atomic mass is 15.2. The van der Waals surface area contributed by atoms with Gasteiger partial charge in [0.15, 0.2) is 0 Å². The minimum Gasteiger partial charge on any atom is -0.328 e. The van der Waals surface area contributed by atoms with Gasteiger partial charge in [0, 0.05) is 24.2 Å². The number of nitrogens with zero attached hydrogens (tertiary/aromatic N) is 1. The maximum absolute atomic E-state index is 6.06. The number of hydrogen-bond acceptors (Lipinski definition) is 3. The molecule has 2 saturated carbocycles. The molecule has 0 aromatic heterocycles.